The van der Waals surface area contributed by atoms with E-state index >= 15 is 0 Å². The SMILES string of the molecule is CC.CC.CC.CC.CC(C)C1CCC1.CC(C)C1CCO1.CC(C)C1COC1.CC(C)N1CCC1. The number of nitrogens with zero attached hydrogens (tertiary/aromatic N) is 1. The van der Waals surface area contributed by atoms with Gasteiger partial charge in [0.15, 0.2) is 0 Å². The first-order chi connectivity index (χ1) is 17.2. The van der Waals surface area contributed by atoms with Gasteiger partial charge < -0.3 is 14.4 Å². The van der Waals surface area contributed by atoms with Crippen molar-refractivity contribution < 1.29 is 9.47 Å². The Labute approximate surface area is 231 Å². The van der Waals surface area contributed by atoms with E-state index < -0.39 is 0 Å². The number of rotatable bonds is 4. The van der Waals surface area contributed by atoms with Crippen molar-refractivity contribution in [1.29, 1.82) is 0 Å². The first kappa shape index (κ1) is 43.0. The second kappa shape index (κ2) is 31.1. The molecule has 224 valence electrons. The van der Waals surface area contributed by atoms with Crippen LogP contribution >= 0.6 is 0 Å². The maximum absolute atomic E-state index is 5.19. The average molecular weight is 518 g/mol. The third-order valence-corrected chi connectivity index (χ3v) is 6.80. The lowest BCUT2D eigenvalue weighted by Crippen LogP contribution is -2.41. The van der Waals surface area contributed by atoms with Gasteiger partial charge in [0.05, 0.1) is 19.3 Å². The summed E-state index contributed by atoms with van der Waals surface area (Å²) in [7, 11) is 0. The number of hydrogen-bond acceptors (Lipinski definition) is 3. The van der Waals surface area contributed by atoms with Gasteiger partial charge in [0.1, 0.15) is 0 Å². The summed E-state index contributed by atoms with van der Waals surface area (Å²) >= 11 is 0. The Morgan fingerprint density at radius 3 is 0.972 bits per heavy atom. The predicted octanol–water partition coefficient (Wildman–Crippen LogP) is 10.4. The zero-order valence-electron chi connectivity index (χ0n) is 28.4. The highest BCUT2D eigenvalue weighted by Crippen LogP contribution is 2.32. The first-order valence-corrected chi connectivity index (χ1v) is 16.2. The number of ether oxygens (including phenoxy) is 2. The van der Waals surface area contributed by atoms with Gasteiger partial charge in [-0.2, -0.15) is 0 Å². The van der Waals surface area contributed by atoms with E-state index in [1.54, 1.807) is 0 Å². The van der Waals surface area contributed by atoms with Crippen LogP contribution in [0.1, 0.15) is 143 Å². The molecule has 0 radical (unpaired) electrons. The van der Waals surface area contributed by atoms with Crippen LogP contribution in [-0.4, -0.2) is 50.0 Å². The minimum atomic E-state index is 0.583. The highest BCUT2D eigenvalue weighted by atomic mass is 16.5. The van der Waals surface area contributed by atoms with Crippen LogP contribution < -0.4 is 0 Å². The average Bonchev–Trinajstić information content (AvgIpc) is 2.69. The fraction of sp³-hybridized carbons (Fsp3) is 1.00. The molecular weight excluding hydrogens is 442 g/mol. The lowest BCUT2D eigenvalue weighted by molar-refractivity contribution is -0.0763. The molecule has 3 heterocycles. The molecule has 0 aromatic rings. The van der Waals surface area contributed by atoms with Crippen molar-refractivity contribution in [3.05, 3.63) is 0 Å². The number of hydrogen-bond donors (Lipinski definition) is 0. The van der Waals surface area contributed by atoms with Crippen molar-refractivity contribution in [3.63, 3.8) is 0 Å². The predicted molar refractivity (Wildman–Crippen MR) is 167 cm³/mol. The van der Waals surface area contributed by atoms with Crippen LogP contribution in [0.3, 0.4) is 0 Å². The van der Waals surface area contributed by atoms with Crippen LogP contribution in [0.4, 0.5) is 0 Å². The van der Waals surface area contributed by atoms with Crippen molar-refractivity contribution in [2.24, 2.45) is 29.6 Å². The molecule has 0 aromatic heterocycles. The summed E-state index contributed by atoms with van der Waals surface area (Å²) in [4.78, 5) is 2.47. The van der Waals surface area contributed by atoms with Crippen molar-refractivity contribution in [2.45, 2.75) is 155 Å². The Morgan fingerprint density at radius 2 is 0.972 bits per heavy atom. The molecule has 0 amide bonds. The summed E-state index contributed by atoms with van der Waals surface area (Å²) in [6.07, 6.45) is 7.76. The monoisotopic (exact) mass is 518 g/mol. The van der Waals surface area contributed by atoms with Crippen molar-refractivity contribution in [1.82, 2.24) is 4.90 Å². The fourth-order valence-electron chi connectivity index (χ4n) is 3.38. The van der Waals surface area contributed by atoms with Crippen LogP contribution in [0.25, 0.3) is 0 Å². The Kier molecular flexibility index (Phi) is 37.1. The molecule has 4 aliphatic rings. The minimum absolute atomic E-state index is 0.583. The molecule has 1 atom stereocenters. The van der Waals surface area contributed by atoms with E-state index in [1.165, 1.54) is 45.2 Å². The summed E-state index contributed by atoms with van der Waals surface area (Å²) in [5, 5.41) is 0. The minimum Gasteiger partial charge on any atom is -0.381 e. The van der Waals surface area contributed by atoms with Crippen LogP contribution in [0.2, 0.25) is 0 Å². The van der Waals surface area contributed by atoms with Crippen molar-refractivity contribution in [2.75, 3.05) is 32.9 Å². The van der Waals surface area contributed by atoms with E-state index in [2.05, 4.69) is 60.3 Å². The molecule has 0 N–H and O–H groups in total. The van der Waals surface area contributed by atoms with Gasteiger partial charge in [-0.15, -0.1) is 0 Å². The maximum atomic E-state index is 5.19. The van der Waals surface area contributed by atoms with Gasteiger partial charge in [-0.3, -0.25) is 0 Å². The van der Waals surface area contributed by atoms with Crippen molar-refractivity contribution in [3.8, 4) is 0 Å². The maximum Gasteiger partial charge on any atom is 0.0619 e. The molecule has 0 bridgehead atoms. The molecule has 3 aliphatic heterocycles. The topological polar surface area (TPSA) is 21.7 Å². The quantitative estimate of drug-likeness (QED) is 0.370. The van der Waals surface area contributed by atoms with E-state index in [9.17, 15) is 0 Å². The zero-order valence-corrected chi connectivity index (χ0v) is 28.4. The summed E-state index contributed by atoms with van der Waals surface area (Å²) in [5.41, 5.74) is 0. The lowest BCUT2D eigenvalue weighted by atomic mass is 9.78. The highest BCUT2D eigenvalue weighted by molar-refractivity contribution is 4.72. The van der Waals surface area contributed by atoms with Gasteiger partial charge >= 0.3 is 0 Å². The smallest absolute Gasteiger partial charge is 0.0619 e. The molecule has 3 nitrogen and oxygen atoms in total. The standard InChI is InChI=1S/C7H14.C6H13N.2C6H12O.4C2H6/c2*1-6(2)7-4-3-5-7;1-5(2)6-3-7-4-6;1-5(2)6-3-4-7-6;4*1-2/h6-7H,3-5H2,1-2H3;6H,3-5H2,1-2H3;2*5-6H,3-4H2,1-2H3;4*1-2H3. The third kappa shape index (κ3) is 23.0. The molecule has 36 heavy (non-hydrogen) atoms. The summed E-state index contributed by atoms with van der Waals surface area (Å²) in [6, 6.07) is 0.786. The molecule has 1 saturated carbocycles. The molecule has 0 aromatic carbocycles. The van der Waals surface area contributed by atoms with Crippen LogP contribution in [0, 0.1) is 29.6 Å². The molecule has 3 heteroatoms. The summed E-state index contributed by atoms with van der Waals surface area (Å²) in [6.45, 7) is 39.7. The molecule has 4 rings (SSSR count). The normalized spacial score (nSPS) is 19.8. The van der Waals surface area contributed by atoms with Gasteiger partial charge in [-0.1, -0.05) is 116 Å². The molecular formula is C33H75NO2. The molecule has 1 unspecified atom stereocenters. The molecule has 1 aliphatic carbocycles. The van der Waals surface area contributed by atoms with E-state index in [0.717, 1.165) is 55.5 Å². The summed E-state index contributed by atoms with van der Waals surface area (Å²) in [5.74, 6) is 4.45. The van der Waals surface area contributed by atoms with E-state index in [-0.39, 0.29) is 0 Å². The Bertz CT molecular complexity index is 294. The Morgan fingerprint density at radius 1 is 0.556 bits per heavy atom. The van der Waals surface area contributed by atoms with Gasteiger partial charge in [-0.05, 0) is 63.5 Å². The van der Waals surface area contributed by atoms with Gasteiger partial charge in [0.25, 0.3) is 0 Å². The van der Waals surface area contributed by atoms with Crippen LogP contribution in [0.15, 0.2) is 0 Å². The Hall–Kier alpha value is -0.120. The van der Waals surface area contributed by atoms with Gasteiger partial charge in [-0.25, -0.2) is 0 Å². The van der Waals surface area contributed by atoms with E-state index in [1.807, 2.05) is 55.4 Å². The largest absolute Gasteiger partial charge is 0.381 e. The first-order valence-electron chi connectivity index (χ1n) is 16.2. The second-order valence-electron chi connectivity index (χ2n) is 10.4. The zero-order chi connectivity index (χ0) is 29.1. The summed E-state index contributed by atoms with van der Waals surface area (Å²) < 4.78 is 10.2. The third-order valence-electron chi connectivity index (χ3n) is 6.80. The van der Waals surface area contributed by atoms with Crippen LogP contribution in [0.5, 0.6) is 0 Å². The fourth-order valence-corrected chi connectivity index (χ4v) is 3.38. The van der Waals surface area contributed by atoms with E-state index in [4.69, 9.17) is 9.47 Å². The molecule has 4 fully saturated rings. The highest BCUT2D eigenvalue weighted by Gasteiger charge is 2.21. The number of likely N-dealkylation sites (tertiary alicyclic amines) is 1. The molecule has 3 saturated heterocycles. The Balaban J connectivity index is -0.000000173. The van der Waals surface area contributed by atoms with E-state index in [0.29, 0.717) is 6.10 Å². The second-order valence-corrected chi connectivity index (χ2v) is 10.4. The van der Waals surface area contributed by atoms with Gasteiger partial charge in [0, 0.05) is 18.6 Å². The molecule has 0 spiro atoms. The van der Waals surface area contributed by atoms with Crippen LogP contribution in [-0.2, 0) is 9.47 Å². The van der Waals surface area contributed by atoms with Gasteiger partial charge in [0.2, 0.25) is 0 Å². The lowest BCUT2D eigenvalue weighted by Gasteiger charge is -2.34. The van der Waals surface area contributed by atoms with Crippen molar-refractivity contribution >= 4 is 0 Å².